The third-order valence-corrected chi connectivity index (χ3v) is 8.14. The van der Waals surface area contributed by atoms with Gasteiger partial charge in [0.15, 0.2) is 0 Å². The van der Waals surface area contributed by atoms with Crippen molar-refractivity contribution in [2.24, 2.45) is 0 Å². The molecule has 32 heavy (non-hydrogen) atoms. The van der Waals surface area contributed by atoms with Crippen molar-refractivity contribution in [2.75, 3.05) is 18.0 Å². The van der Waals surface area contributed by atoms with E-state index in [1.807, 2.05) is 6.20 Å². The molecule has 4 aliphatic rings. The Bertz CT molecular complexity index is 1000. The summed E-state index contributed by atoms with van der Waals surface area (Å²) >= 11 is 0. The molecule has 1 N–H and O–H groups in total. The molecule has 1 unspecified atom stereocenters. The molecule has 6 rings (SSSR count). The number of carbonyl (C=O) groups excluding carboxylic acids is 1. The highest BCUT2D eigenvalue weighted by atomic mass is 16.5. The third kappa shape index (κ3) is 3.35. The number of aromatic nitrogens is 2. The Morgan fingerprint density at radius 3 is 2.66 bits per heavy atom. The number of carbonyl (C=O) groups is 1. The standard InChI is InChI=1S/C26H34N4O2/c1-18-5-6-23-24(30(18)26(17-31)11-12-26)8-7-22(25(23)32-21-3-2-4-21)19-15-28-29(16-19)20-9-13-27-14-10-20/h7-8,15-18,20-21,27H,2-6,9-14H2,1H3. The highest BCUT2D eigenvalue weighted by Crippen LogP contribution is 2.51. The summed E-state index contributed by atoms with van der Waals surface area (Å²) in [6.07, 6.45) is 15.5. The van der Waals surface area contributed by atoms with Crippen LogP contribution in [0, 0.1) is 0 Å². The number of anilines is 1. The normalized spacial score (nSPS) is 25.2. The van der Waals surface area contributed by atoms with Crippen molar-refractivity contribution < 1.29 is 9.53 Å². The van der Waals surface area contributed by atoms with Gasteiger partial charge in [-0.2, -0.15) is 5.10 Å². The molecular formula is C26H34N4O2. The molecule has 0 spiro atoms. The Hall–Kier alpha value is -2.34. The Balaban J connectivity index is 1.41. The zero-order chi connectivity index (χ0) is 21.7. The molecule has 6 heteroatoms. The molecule has 1 aromatic heterocycles. The Morgan fingerprint density at radius 2 is 1.97 bits per heavy atom. The Morgan fingerprint density at radius 1 is 1.16 bits per heavy atom. The summed E-state index contributed by atoms with van der Waals surface area (Å²) in [6, 6.07) is 5.29. The second kappa shape index (κ2) is 7.91. The van der Waals surface area contributed by atoms with Crippen molar-refractivity contribution in [1.82, 2.24) is 15.1 Å². The van der Waals surface area contributed by atoms with Gasteiger partial charge in [-0.05, 0) is 89.9 Å². The molecule has 3 fully saturated rings. The highest BCUT2D eigenvalue weighted by Gasteiger charge is 2.51. The summed E-state index contributed by atoms with van der Waals surface area (Å²) in [5.41, 5.74) is 4.49. The molecule has 0 radical (unpaired) electrons. The van der Waals surface area contributed by atoms with Gasteiger partial charge in [-0.1, -0.05) is 0 Å². The van der Waals surface area contributed by atoms with E-state index in [9.17, 15) is 4.79 Å². The summed E-state index contributed by atoms with van der Waals surface area (Å²) in [7, 11) is 0. The molecule has 1 aromatic carbocycles. The van der Waals surface area contributed by atoms with Gasteiger partial charge in [0.2, 0.25) is 0 Å². The fourth-order valence-corrected chi connectivity index (χ4v) is 5.79. The van der Waals surface area contributed by atoms with Crippen molar-refractivity contribution in [3.8, 4) is 16.9 Å². The minimum atomic E-state index is -0.302. The molecule has 2 aliphatic carbocycles. The number of nitrogens with zero attached hydrogens (tertiary/aromatic N) is 3. The van der Waals surface area contributed by atoms with E-state index in [4.69, 9.17) is 9.84 Å². The van der Waals surface area contributed by atoms with Crippen LogP contribution in [-0.2, 0) is 11.2 Å². The van der Waals surface area contributed by atoms with Crippen LogP contribution in [0.15, 0.2) is 24.5 Å². The van der Waals surface area contributed by atoms with Crippen molar-refractivity contribution in [2.45, 2.75) is 88.4 Å². The molecule has 3 heterocycles. The van der Waals surface area contributed by atoms with Gasteiger partial charge in [-0.25, -0.2) is 0 Å². The maximum atomic E-state index is 12.0. The topological polar surface area (TPSA) is 59.4 Å². The van der Waals surface area contributed by atoms with E-state index >= 15 is 0 Å². The van der Waals surface area contributed by atoms with Crippen molar-refractivity contribution in [3.63, 3.8) is 0 Å². The lowest BCUT2D eigenvalue weighted by Crippen LogP contribution is -2.47. The second-order valence-electron chi connectivity index (χ2n) is 10.3. The smallest absolute Gasteiger partial charge is 0.145 e. The van der Waals surface area contributed by atoms with Crippen LogP contribution in [0.1, 0.15) is 69.9 Å². The first kappa shape index (κ1) is 20.3. The lowest BCUT2D eigenvalue weighted by atomic mass is 9.90. The summed E-state index contributed by atoms with van der Waals surface area (Å²) in [5, 5.41) is 8.19. The third-order valence-electron chi connectivity index (χ3n) is 8.14. The Labute approximate surface area is 190 Å². The summed E-state index contributed by atoms with van der Waals surface area (Å²) in [5.74, 6) is 1.04. The number of benzene rings is 1. The van der Waals surface area contributed by atoms with Crippen molar-refractivity contribution in [1.29, 1.82) is 0 Å². The van der Waals surface area contributed by atoms with Gasteiger partial charge in [0.05, 0.1) is 23.9 Å². The summed E-state index contributed by atoms with van der Waals surface area (Å²) in [6.45, 7) is 4.37. The fraction of sp³-hybridized carbons (Fsp3) is 0.615. The van der Waals surface area contributed by atoms with Crippen LogP contribution < -0.4 is 15.0 Å². The molecule has 2 saturated carbocycles. The van der Waals surface area contributed by atoms with E-state index in [1.54, 1.807) is 0 Å². The van der Waals surface area contributed by atoms with E-state index in [-0.39, 0.29) is 5.54 Å². The molecule has 1 atom stereocenters. The highest BCUT2D eigenvalue weighted by molar-refractivity contribution is 5.83. The van der Waals surface area contributed by atoms with E-state index in [2.05, 4.69) is 40.2 Å². The molecule has 6 nitrogen and oxygen atoms in total. The maximum Gasteiger partial charge on any atom is 0.145 e. The van der Waals surface area contributed by atoms with Crippen LogP contribution in [0.3, 0.4) is 0 Å². The first-order chi connectivity index (χ1) is 15.7. The average molecular weight is 435 g/mol. The quantitative estimate of drug-likeness (QED) is 0.688. The van der Waals surface area contributed by atoms with Crippen LogP contribution in [0.5, 0.6) is 5.75 Å². The van der Waals surface area contributed by atoms with Gasteiger partial charge >= 0.3 is 0 Å². The Kier molecular flexibility index (Phi) is 5.01. The number of hydrogen-bond acceptors (Lipinski definition) is 5. The predicted molar refractivity (Wildman–Crippen MR) is 125 cm³/mol. The van der Waals surface area contributed by atoms with Crippen LogP contribution >= 0.6 is 0 Å². The van der Waals surface area contributed by atoms with Crippen LogP contribution in [0.2, 0.25) is 0 Å². The molecule has 1 saturated heterocycles. The first-order valence-corrected chi connectivity index (χ1v) is 12.5. The molecule has 2 aliphatic heterocycles. The summed E-state index contributed by atoms with van der Waals surface area (Å²) in [4.78, 5) is 14.4. The van der Waals surface area contributed by atoms with Gasteiger partial charge in [0.25, 0.3) is 0 Å². The molecule has 0 amide bonds. The van der Waals surface area contributed by atoms with Crippen LogP contribution in [0.4, 0.5) is 5.69 Å². The van der Waals surface area contributed by atoms with Gasteiger partial charge in [0, 0.05) is 34.6 Å². The predicted octanol–water partition coefficient (Wildman–Crippen LogP) is 4.28. The van der Waals surface area contributed by atoms with Gasteiger partial charge in [-0.15, -0.1) is 0 Å². The van der Waals surface area contributed by atoms with Gasteiger partial charge < -0.3 is 19.7 Å². The van der Waals surface area contributed by atoms with Crippen molar-refractivity contribution >= 4 is 12.0 Å². The maximum absolute atomic E-state index is 12.0. The lowest BCUT2D eigenvalue weighted by Gasteiger charge is -2.42. The zero-order valence-corrected chi connectivity index (χ0v) is 19.1. The monoisotopic (exact) mass is 434 g/mol. The van der Waals surface area contributed by atoms with Gasteiger partial charge in [0.1, 0.15) is 12.0 Å². The van der Waals surface area contributed by atoms with Gasteiger partial charge in [-0.3, -0.25) is 4.68 Å². The molecule has 2 aromatic rings. The molecule has 170 valence electrons. The van der Waals surface area contributed by atoms with Crippen LogP contribution in [0.25, 0.3) is 11.1 Å². The van der Waals surface area contributed by atoms with E-state index in [0.29, 0.717) is 18.2 Å². The number of piperidine rings is 1. The number of aldehydes is 1. The largest absolute Gasteiger partial charge is 0.489 e. The SMILES string of the molecule is CC1CCc2c(ccc(-c3cnn(C4CCNCC4)c3)c2OC2CCC2)N1C1(C=O)CC1. The lowest BCUT2D eigenvalue weighted by molar-refractivity contribution is -0.109. The second-order valence-corrected chi connectivity index (χ2v) is 10.3. The van der Waals surface area contributed by atoms with Crippen LogP contribution in [-0.4, -0.2) is 46.8 Å². The van der Waals surface area contributed by atoms with E-state index < -0.39 is 0 Å². The first-order valence-electron chi connectivity index (χ1n) is 12.5. The zero-order valence-electron chi connectivity index (χ0n) is 19.1. The molecule has 0 bridgehead atoms. The minimum absolute atomic E-state index is 0.302. The number of rotatable bonds is 6. The number of ether oxygens (including phenoxy) is 1. The number of fused-ring (bicyclic) bond motifs is 1. The minimum Gasteiger partial charge on any atom is -0.489 e. The fourth-order valence-electron chi connectivity index (χ4n) is 5.79. The number of hydrogen-bond donors (Lipinski definition) is 1. The van der Waals surface area contributed by atoms with E-state index in [0.717, 1.165) is 81.3 Å². The molecular weight excluding hydrogens is 400 g/mol. The number of nitrogens with one attached hydrogen (secondary N) is 1. The summed E-state index contributed by atoms with van der Waals surface area (Å²) < 4.78 is 8.83. The van der Waals surface area contributed by atoms with Crippen molar-refractivity contribution in [3.05, 3.63) is 30.1 Å². The van der Waals surface area contributed by atoms with E-state index in [1.165, 1.54) is 24.0 Å². The average Bonchev–Trinajstić information content (AvgIpc) is 3.43.